The zero-order valence-corrected chi connectivity index (χ0v) is 43.7. The van der Waals surface area contributed by atoms with Crippen LogP contribution >= 0.6 is 11.3 Å². The lowest BCUT2D eigenvalue weighted by molar-refractivity contribution is 0.589. The van der Waals surface area contributed by atoms with Crippen LogP contribution in [0.5, 0.6) is 0 Å². The van der Waals surface area contributed by atoms with Gasteiger partial charge >= 0.3 is 0 Å². The summed E-state index contributed by atoms with van der Waals surface area (Å²) in [5.74, 6) is 1.76. The number of anilines is 6. The van der Waals surface area contributed by atoms with Gasteiger partial charge in [0, 0.05) is 43.7 Å². The van der Waals surface area contributed by atoms with E-state index in [1.54, 1.807) is 0 Å². The predicted molar refractivity (Wildman–Crippen MR) is 301 cm³/mol. The summed E-state index contributed by atoms with van der Waals surface area (Å²) in [5.41, 5.74) is 22.8. The molecule has 2 aliphatic rings. The van der Waals surface area contributed by atoms with Crippen LogP contribution in [0.4, 0.5) is 33.4 Å². The van der Waals surface area contributed by atoms with Crippen LogP contribution in [-0.2, 0) is 16.2 Å². The third kappa shape index (κ3) is 6.92. The fraction of sp³-hybridized carbons (Fsp3) is 0.250. The van der Waals surface area contributed by atoms with Crippen LogP contribution in [0.15, 0.2) is 142 Å². The van der Waals surface area contributed by atoms with Crippen molar-refractivity contribution in [2.24, 2.45) is 0 Å². The van der Waals surface area contributed by atoms with Crippen molar-refractivity contribution >= 4 is 99.9 Å². The first-order valence-electron chi connectivity index (χ1n) is 24.9. The number of benzene rings is 7. The second-order valence-electron chi connectivity index (χ2n) is 23.3. The monoisotopic (exact) mass is 932 g/mol. The summed E-state index contributed by atoms with van der Waals surface area (Å²) >= 11 is 1.93. The number of furan rings is 2. The summed E-state index contributed by atoms with van der Waals surface area (Å²) in [7, 11) is 0. The van der Waals surface area contributed by atoms with E-state index in [-0.39, 0.29) is 23.0 Å². The largest absolute Gasteiger partial charge is 0.456 e. The van der Waals surface area contributed by atoms with Gasteiger partial charge in [0.15, 0.2) is 0 Å². The third-order valence-electron chi connectivity index (χ3n) is 15.1. The maximum absolute atomic E-state index is 6.66. The molecule has 10 aromatic rings. The van der Waals surface area contributed by atoms with E-state index < -0.39 is 0 Å². The van der Waals surface area contributed by atoms with E-state index in [1.165, 1.54) is 98.9 Å². The number of fused-ring (bicyclic) bond motifs is 8. The summed E-state index contributed by atoms with van der Waals surface area (Å²) in [6, 6.07) is 50.0. The van der Waals surface area contributed by atoms with E-state index in [0.29, 0.717) is 0 Å². The van der Waals surface area contributed by atoms with Crippen LogP contribution in [0, 0.1) is 27.7 Å². The molecule has 0 saturated carbocycles. The van der Waals surface area contributed by atoms with Crippen molar-refractivity contribution in [3.63, 3.8) is 0 Å². The highest BCUT2D eigenvalue weighted by Crippen LogP contribution is 2.52. The maximum atomic E-state index is 6.66. The van der Waals surface area contributed by atoms with Crippen LogP contribution in [0.25, 0.3) is 54.7 Å². The number of hydrogen-bond donors (Lipinski definition) is 0. The number of nitrogens with zero attached hydrogens (tertiary/aromatic N) is 2. The molecule has 0 aliphatic carbocycles. The Morgan fingerprint density at radius 3 is 1.53 bits per heavy atom. The van der Waals surface area contributed by atoms with Gasteiger partial charge in [0.1, 0.15) is 22.7 Å². The van der Waals surface area contributed by atoms with Crippen molar-refractivity contribution in [3.8, 4) is 22.6 Å². The van der Waals surface area contributed by atoms with Gasteiger partial charge in [-0.25, -0.2) is 0 Å². The van der Waals surface area contributed by atoms with Crippen LogP contribution in [0.2, 0.25) is 0 Å². The normalized spacial score (nSPS) is 13.7. The average Bonchev–Trinajstić information content (AvgIpc) is 4.04. The summed E-state index contributed by atoms with van der Waals surface area (Å²) in [6.07, 6.45) is 0. The number of hydrogen-bond acceptors (Lipinski definition) is 5. The van der Waals surface area contributed by atoms with Crippen molar-refractivity contribution in [2.75, 3.05) is 9.80 Å². The molecule has 0 spiro atoms. The van der Waals surface area contributed by atoms with Gasteiger partial charge in [-0.1, -0.05) is 135 Å². The molecule has 0 atom stereocenters. The van der Waals surface area contributed by atoms with Gasteiger partial charge in [0.2, 0.25) is 0 Å². The molecule has 0 fully saturated rings. The minimum Gasteiger partial charge on any atom is -0.456 e. The van der Waals surface area contributed by atoms with Gasteiger partial charge in [-0.2, -0.15) is 0 Å². The highest BCUT2D eigenvalue weighted by atomic mass is 32.1. The molecule has 0 radical (unpaired) electrons. The topological polar surface area (TPSA) is 32.8 Å². The van der Waals surface area contributed by atoms with Crippen molar-refractivity contribution < 1.29 is 8.83 Å². The number of para-hydroxylation sites is 2. The van der Waals surface area contributed by atoms with E-state index in [2.05, 4.69) is 227 Å². The lowest BCUT2D eigenvalue weighted by Gasteiger charge is -2.45. The van der Waals surface area contributed by atoms with E-state index in [4.69, 9.17) is 8.83 Å². The Bertz CT molecular complexity index is 3690. The molecule has 70 heavy (non-hydrogen) atoms. The highest BCUT2D eigenvalue weighted by molar-refractivity contribution is 7.26. The summed E-state index contributed by atoms with van der Waals surface area (Å²) in [4.78, 5) is 5.29. The second kappa shape index (κ2) is 15.4. The molecule has 0 N–H and O–H groups in total. The second-order valence-corrected chi connectivity index (χ2v) is 24.3. The zero-order valence-electron chi connectivity index (χ0n) is 42.9. The molecule has 6 heteroatoms. The number of aryl methyl sites for hydroxylation is 4. The van der Waals surface area contributed by atoms with Crippen LogP contribution < -0.4 is 26.2 Å². The van der Waals surface area contributed by atoms with Crippen LogP contribution in [0.3, 0.4) is 0 Å². The quantitative estimate of drug-likeness (QED) is 0.165. The Morgan fingerprint density at radius 1 is 0.443 bits per heavy atom. The Balaban J connectivity index is 1.19. The molecule has 3 aromatic heterocycles. The molecule has 5 heterocycles. The van der Waals surface area contributed by atoms with E-state index in [1.807, 2.05) is 17.4 Å². The van der Waals surface area contributed by atoms with E-state index in [0.717, 1.165) is 44.6 Å². The molecular formula is C64H61BN2O2S. The molecule has 0 bridgehead atoms. The summed E-state index contributed by atoms with van der Waals surface area (Å²) in [5, 5.41) is 4.83. The van der Waals surface area contributed by atoms with Crippen molar-refractivity contribution in [3.05, 3.63) is 172 Å². The molecule has 348 valence electrons. The highest BCUT2D eigenvalue weighted by Gasteiger charge is 2.47. The molecule has 2 aliphatic heterocycles. The van der Waals surface area contributed by atoms with Gasteiger partial charge in [-0.15, -0.1) is 11.3 Å². The molecular weight excluding hydrogens is 872 g/mol. The fourth-order valence-electron chi connectivity index (χ4n) is 11.5. The van der Waals surface area contributed by atoms with E-state index >= 15 is 0 Å². The lowest BCUT2D eigenvalue weighted by Crippen LogP contribution is -2.61. The lowest BCUT2D eigenvalue weighted by atomic mass is 9.33. The SMILES string of the molecule is Cc1cc(C(C)(C)C)cc(C)c1N1c2cc(-c3cc4ccccc4o3)ccc2B2c3c1cc(C(C)(C)C)cc3N(c1c(C)cc(-c3cc4ccccc4o3)cc1C)c1sc3ccc(C(C)(C)C)cc3c12. The minimum absolute atomic E-state index is 0.00276. The molecule has 4 nitrogen and oxygen atoms in total. The van der Waals surface area contributed by atoms with Crippen molar-refractivity contribution in [1.29, 1.82) is 0 Å². The predicted octanol–water partition coefficient (Wildman–Crippen LogP) is 16.9. The fourth-order valence-corrected chi connectivity index (χ4v) is 12.7. The zero-order chi connectivity index (χ0) is 48.9. The Hall–Kier alpha value is -6.76. The van der Waals surface area contributed by atoms with Gasteiger partial charge in [0.25, 0.3) is 6.71 Å². The maximum Gasteiger partial charge on any atom is 0.254 e. The first-order valence-corrected chi connectivity index (χ1v) is 25.7. The van der Waals surface area contributed by atoms with Crippen molar-refractivity contribution in [1.82, 2.24) is 0 Å². The molecule has 0 unspecified atom stereocenters. The van der Waals surface area contributed by atoms with Crippen LogP contribution in [-0.4, -0.2) is 6.71 Å². The molecule has 12 rings (SSSR count). The average molecular weight is 933 g/mol. The first kappa shape index (κ1) is 44.5. The number of rotatable bonds is 4. The van der Waals surface area contributed by atoms with Crippen molar-refractivity contribution in [2.45, 2.75) is 106 Å². The Kier molecular flexibility index (Phi) is 9.76. The van der Waals surface area contributed by atoms with Gasteiger partial charge in [-0.3, -0.25) is 0 Å². The van der Waals surface area contributed by atoms with Crippen LogP contribution in [0.1, 0.15) is 101 Å². The summed E-state index contributed by atoms with van der Waals surface area (Å²) < 4.78 is 14.5. The minimum atomic E-state index is -0.160. The van der Waals surface area contributed by atoms with Gasteiger partial charge in [0.05, 0.1) is 16.4 Å². The smallest absolute Gasteiger partial charge is 0.254 e. The Morgan fingerprint density at radius 2 is 0.957 bits per heavy atom. The van der Waals surface area contributed by atoms with Gasteiger partial charge < -0.3 is 18.6 Å². The van der Waals surface area contributed by atoms with Gasteiger partial charge in [-0.05, 0) is 165 Å². The molecule has 0 amide bonds. The molecule has 0 saturated heterocycles. The third-order valence-corrected chi connectivity index (χ3v) is 16.3. The standard InChI is InChI=1S/C64H61BN2O2S/c1-36-26-43(55-32-41-19-15-17-21-53(41)69-55)27-37(2)60(36)67-51-35-46(64(11,12)13)34-50-58(51)65(57-47-33-44(62(5,6)7)23-25-56(47)70-61(57)67)48-24-22-42(54-31-40-18-14-16-20-52(40)68-54)30-49(48)66(50)59-38(3)28-45(29-39(59)4)63(8,9)10/h14-35H,1-13H3. The Labute approximate surface area is 417 Å². The summed E-state index contributed by atoms with van der Waals surface area (Å²) in [6.45, 7) is 30.2. The first-order chi connectivity index (χ1) is 33.2. The molecule has 7 aromatic carbocycles. The van der Waals surface area contributed by atoms with E-state index in [9.17, 15) is 0 Å². The number of thiophene rings is 1.